The molecule has 2 aliphatic rings. The van der Waals surface area contributed by atoms with Gasteiger partial charge in [0.05, 0.1) is 20.2 Å². The Morgan fingerprint density at radius 2 is 1.74 bits per heavy atom. The largest absolute Gasteiger partial charge is 0.524 e. The van der Waals surface area contributed by atoms with Crippen molar-refractivity contribution < 1.29 is 42.4 Å². The Labute approximate surface area is 271 Å². The molecule has 2 aliphatic heterocycles. The number of hydrogen-bond acceptors (Lipinski definition) is 7. The highest BCUT2D eigenvalue weighted by atomic mass is 31.2. The van der Waals surface area contributed by atoms with Crippen molar-refractivity contribution in [3.8, 4) is 11.5 Å². The van der Waals surface area contributed by atoms with E-state index in [4.69, 9.17) is 14.5 Å². The van der Waals surface area contributed by atoms with Gasteiger partial charge in [-0.3, -0.25) is 24.2 Å². The molecule has 0 bridgehead atoms. The van der Waals surface area contributed by atoms with Crippen LogP contribution in [0.1, 0.15) is 23.1 Å². The standard InChI is InChI=1S/C33H36FN4O8P/c1-3-17-36-22-32(40)37-29(18-24-9-13-26(14-10-24)46-47(42,43)44)33(41)35(20-25-12-15-27(45-2)19-28(25)34)21-30(37)38(36)31(39)16-11-23-7-5-4-6-8-23/h3-10,12-15,19,29-30H,1,11,16-18,20-22H2,2H3,(H2,42,43,44)/t29-,30-/m0/s1. The van der Waals surface area contributed by atoms with Gasteiger partial charge in [-0.1, -0.05) is 54.6 Å². The molecular formula is C33H36FN4O8P. The van der Waals surface area contributed by atoms with Gasteiger partial charge in [0, 0.05) is 37.6 Å². The van der Waals surface area contributed by atoms with E-state index >= 15 is 4.39 Å². The Morgan fingerprint density at radius 1 is 1.04 bits per heavy atom. The molecule has 2 heterocycles. The van der Waals surface area contributed by atoms with Gasteiger partial charge >= 0.3 is 7.82 Å². The van der Waals surface area contributed by atoms with Crippen LogP contribution in [0.15, 0.2) is 85.5 Å². The summed E-state index contributed by atoms with van der Waals surface area (Å²) < 4.78 is 36.1. The molecule has 248 valence electrons. The number of methoxy groups -OCH3 is 1. The third kappa shape index (κ3) is 8.06. The number of rotatable bonds is 12. The van der Waals surface area contributed by atoms with Gasteiger partial charge in [0.1, 0.15) is 29.5 Å². The van der Waals surface area contributed by atoms with E-state index < -0.39 is 31.8 Å². The lowest BCUT2D eigenvalue weighted by Crippen LogP contribution is -2.75. The molecule has 12 nitrogen and oxygen atoms in total. The number of hydrogen-bond donors (Lipinski definition) is 2. The number of carbonyl (C=O) groups excluding carboxylic acids is 3. The zero-order valence-corrected chi connectivity index (χ0v) is 26.7. The monoisotopic (exact) mass is 666 g/mol. The molecule has 47 heavy (non-hydrogen) atoms. The van der Waals surface area contributed by atoms with Gasteiger partial charge in [0.15, 0.2) is 0 Å². The lowest BCUT2D eigenvalue weighted by Gasteiger charge is -2.55. The average Bonchev–Trinajstić information content (AvgIpc) is 3.03. The fourth-order valence-corrected chi connectivity index (χ4v) is 6.35. The normalized spacial score (nSPS) is 18.6. The molecule has 2 N–H and O–H groups in total. The lowest BCUT2D eigenvalue weighted by molar-refractivity contribution is -0.205. The first-order valence-corrected chi connectivity index (χ1v) is 16.5. The van der Waals surface area contributed by atoms with E-state index in [0.29, 0.717) is 17.7 Å². The molecule has 0 aliphatic carbocycles. The first-order chi connectivity index (χ1) is 22.5. The maximum absolute atomic E-state index is 15.1. The second-order valence-electron chi connectivity index (χ2n) is 11.3. The number of phosphoric ester groups is 1. The van der Waals surface area contributed by atoms with Gasteiger partial charge in [-0.25, -0.2) is 19.0 Å². The molecule has 2 atom stereocenters. The number of ether oxygens (including phenoxy) is 1. The fraction of sp³-hybridized carbons (Fsp3) is 0.303. The molecule has 3 aromatic rings. The summed E-state index contributed by atoms with van der Waals surface area (Å²) in [5.41, 5.74) is 1.78. The molecule has 3 amide bonds. The lowest BCUT2D eigenvalue weighted by atomic mass is 9.98. The smallest absolute Gasteiger partial charge is 0.497 e. The average molecular weight is 667 g/mol. The van der Waals surface area contributed by atoms with Crippen molar-refractivity contribution in [1.82, 2.24) is 19.8 Å². The van der Waals surface area contributed by atoms with Gasteiger partial charge in [0.2, 0.25) is 17.7 Å². The van der Waals surface area contributed by atoms with E-state index in [1.807, 2.05) is 30.3 Å². The van der Waals surface area contributed by atoms with Crippen LogP contribution in [0.4, 0.5) is 4.39 Å². The van der Waals surface area contributed by atoms with Crippen LogP contribution < -0.4 is 9.26 Å². The van der Waals surface area contributed by atoms with Crippen molar-refractivity contribution >= 4 is 25.5 Å². The van der Waals surface area contributed by atoms with E-state index in [1.165, 1.54) is 58.3 Å². The fourth-order valence-electron chi connectivity index (χ4n) is 5.95. The summed E-state index contributed by atoms with van der Waals surface area (Å²) in [6, 6.07) is 18.6. The van der Waals surface area contributed by atoms with Gasteiger partial charge in [-0.15, -0.1) is 6.58 Å². The minimum atomic E-state index is -4.78. The Hall–Kier alpha value is -4.55. The Balaban J connectivity index is 1.49. The minimum Gasteiger partial charge on any atom is -0.497 e. The summed E-state index contributed by atoms with van der Waals surface area (Å²) >= 11 is 0. The van der Waals surface area contributed by atoms with Crippen LogP contribution in [0.5, 0.6) is 11.5 Å². The number of hydrazine groups is 1. The summed E-state index contributed by atoms with van der Waals surface area (Å²) in [6.07, 6.45) is 1.33. The second-order valence-corrected chi connectivity index (χ2v) is 12.4. The molecule has 0 radical (unpaired) electrons. The van der Waals surface area contributed by atoms with E-state index in [-0.39, 0.29) is 62.1 Å². The maximum atomic E-state index is 15.1. The highest BCUT2D eigenvalue weighted by Gasteiger charge is 2.51. The number of phosphoric acid groups is 1. The van der Waals surface area contributed by atoms with Crippen LogP contribution in [-0.4, -0.2) is 86.3 Å². The summed E-state index contributed by atoms with van der Waals surface area (Å²) in [6.45, 7) is 3.66. The molecule has 0 unspecified atom stereocenters. The third-order valence-corrected chi connectivity index (χ3v) is 8.54. The van der Waals surface area contributed by atoms with Crippen molar-refractivity contribution in [2.75, 3.05) is 26.7 Å². The first-order valence-electron chi connectivity index (χ1n) is 15.0. The summed E-state index contributed by atoms with van der Waals surface area (Å²) in [5.74, 6) is -1.37. The van der Waals surface area contributed by atoms with Crippen LogP contribution >= 0.6 is 7.82 Å². The molecule has 0 saturated carbocycles. The van der Waals surface area contributed by atoms with E-state index in [1.54, 1.807) is 17.2 Å². The molecule has 5 rings (SSSR count). The van der Waals surface area contributed by atoms with Crippen LogP contribution in [0, 0.1) is 5.82 Å². The molecule has 14 heteroatoms. The van der Waals surface area contributed by atoms with Gasteiger partial charge < -0.3 is 19.1 Å². The number of carbonyl (C=O) groups is 3. The van der Waals surface area contributed by atoms with E-state index in [9.17, 15) is 18.9 Å². The van der Waals surface area contributed by atoms with Crippen molar-refractivity contribution in [3.63, 3.8) is 0 Å². The predicted molar refractivity (Wildman–Crippen MR) is 169 cm³/mol. The quantitative estimate of drug-likeness (QED) is 0.220. The molecule has 0 aromatic heterocycles. The van der Waals surface area contributed by atoms with E-state index in [0.717, 1.165) is 5.56 Å². The highest BCUT2D eigenvalue weighted by Crippen LogP contribution is 2.38. The van der Waals surface area contributed by atoms with Crippen molar-refractivity contribution in [3.05, 3.63) is 108 Å². The third-order valence-electron chi connectivity index (χ3n) is 8.09. The SMILES string of the molecule is C=CCN1CC(=O)N2[C@@H](Cc3ccc(OP(=O)(O)O)cc3)C(=O)N(Cc3ccc(OC)cc3F)C[C@@H]2N1C(=O)CCc1ccccc1. The number of fused-ring (bicyclic) bond motifs is 1. The van der Waals surface area contributed by atoms with Gasteiger partial charge in [-0.05, 0) is 35.7 Å². The Morgan fingerprint density at radius 3 is 2.38 bits per heavy atom. The number of nitrogens with zero attached hydrogens (tertiary/aromatic N) is 4. The van der Waals surface area contributed by atoms with Gasteiger partial charge in [0.25, 0.3) is 0 Å². The first kappa shape index (κ1) is 33.8. The second kappa shape index (κ2) is 14.5. The van der Waals surface area contributed by atoms with Crippen LogP contribution in [-0.2, 0) is 38.3 Å². The van der Waals surface area contributed by atoms with E-state index in [2.05, 4.69) is 11.1 Å². The number of aryl methyl sites for hydroxylation is 1. The number of benzene rings is 3. The van der Waals surface area contributed by atoms with Crippen LogP contribution in [0.25, 0.3) is 0 Å². The molecule has 0 spiro atoms. The van der Waals surface area contributed by atoms with Crippen molar-refractivity contribution in [2.24, 2.45) is 0 Å². The van der Waals surface area contributed by atoms with Crippen LogP contribution in [0.3, 0.4) is 0 Å². The highest BCUT2D eigenvalue weighted by molar-refractivity contribution is 7.46. The number of amides is 3. The molecule has 2 saturated heterocycles. The minimum absolute atomic E-state index is 0.0202. The number of halogens is 1. The summed E-state index contributed by atoms with van der Waals surface area (Å²) in [7, 11) is -3.36. The molecule has 3 aromatic carbocycles. The topological polar surface area (TPSA) is 140 Å². The summed E-state index contributed by atoms with van der Waals surface area (Å²) in [4.78, 5) is 63.0. The Bertz CT molecular complexity index is 1670. The van der Waals surface area contributed by atoms with Crippen molar-refractivity contribution in [1.29, 1.82) is 0 Å². The molecule has 2 fully saturated rings. The zero-order chi connectivity index (χ0) is 33.7. The van der Waals surface area contributed by atoms with Crippen LogP contribution in [0.2, 0.25) is 0 Å². The predicted octanol–water partition coefficient (Wildman–Crippen LogP) is 3.29. The zero-order valence-electron chi connectivity index (χ0n) is 25.8. The maximum Gasteiger partial charge on any atom is 0.524 e. The van der Waals surface area contributed by atoms with Gasteiger partial charge in [-0.2, -0.15) is 0 Å². The molecular weight excluding hydrogens is 630 g/mol. The Kier molecular flexibility index (Phi) is 10.4. The number of piperazine rings is 1. The van der Waals surface area contributed by atoms with Crippen molar-refractivity contribution in [2.45, 2.75) is 38.0 Å². The summed E-state index contributed by atoms with van der Waals surface area (Å²) in [5, 5.41) is 3.15.